The number of amides is 1. The highest BCUT2D eigenvalue weighted by atomic mass is 16.5. The highest BCUT2D eigenvalue weighted by molar-refractivity contribution is 5.93. The van der Waals surface area contributed by atoms with Crippen LogP contribution in [0.4, 0.5) is 0 Å². The van der Waals surface area contributed by atoms with E-state index in [0.29, 0.717) is 18.8 Å². The first kappa shape index (κ1) is 17.7. The summed E-state index contributed by atoms with van der Waals surface area (Å²) in [7, 11) is 0. The molecule has 3 aromatic rings. The van der Waals surface area contributed by atoms with Gasteiger partial charge in [-0.25, -0.2) is 0 Å². The Labute approximate surface area is 151 Å². The third-order valence-corrected chi connectivity index (χ3v) is 3.92. The van der Waals surface area contributed by atoms with Crippen molar-refractivity contribution in [3.63, 3.8) is 0 Å². The van der Waals surface area contributed by atoms with Crippen LogP contribution in [0.3, 0.4) is 0 Å². The summed E-state index contributed by atoms with van der Waals surface area (Å²) >= 11 is 0. The minimum Gasteiger partial charge on any atom is -0.508 e. The van der Waals surface area contributed by atoms with Crippen LogP contribution in [0.2, 0.25) is 0 Å². The molecule has 0 saturated heterocycles. The minimum atomic E-state index is -0.253. The van der Waals surface area contributed by atoms with E-state index in [0.717, 1.165) is 24.1 Å². The van der Waals surface area contributed by atoms with E-state index in [-0.39, 0.29) is 17.4 Å². The topological polar surface area (TPSA) is 87.4 Å². The van der Waals surface area contributed by atoms with Gasteiger partial charge in [0, 0.05) is 30.3 Å². The number of para-hydroxylation sites is 1. The molecule has 0 aliphatic rings. The van der Waals surface area contributed by atoms with E-state index < -0.39 is 0 Å². The summed E-state index contributed by atoms with van der Waals surface area (Å²) < 4.78 is 5.23. The van der Waals surface area contributed by atoms with E-state index in [1.54, 1.807) is 18.2 Å². The SMILES string of the molecule is O=C(NCCCNCc1ccccc1O)c1cc(-c2ccccc2)on1. The van der Waals surface area contributed by atoms with Gasteiger partial charge < -0.3 is 20.3 Å². The first-order chi connectivity index (χ1) is 12.7. The van der Waals surface area contributed by atoms with Crippen molar-refractivity contribution in [2.75, 3.05) is 13.1 Å². The summed E-state index contributed by atoms with van der Waals surface area (Å²) in [5.74, 6) is 0.602. The Hall–Kier alpha value is -3.12. The first-order valence-corrected chi connectivity index (χ1v) is 8.52. The predicted octanol–water partition coefficient (Wildman–Crippen LogP) is 2.96. The normalized spacial score (nSPS) is 10.6. The van der Waals surface area contributed by atoms with Crippen LogP contribution in [0, 0.1) is 0 Å². The molecule has 0 unspecified atom stereocenters. The number of aromatic nitrogens is 1. The maximum atomic E-state index is 12.1. The fraction of sp³-hybridized carbons (Fsp3) is 0.200. The van der Waals surface area contributed by atoms with Crippen molar-refractivity contribution in [3.05, 3.63) is 71.9 Å². The molecule has 6 heteroatoms. The van der Waals surface area contributed by atoms with E-state index in [9.17, 15) is 9.90 Å². The van der Waals surface area contributed by atoms with Crippen LogP contribution in [0.1, 0.15) is 22.5 Å². The highest BCUT2D eigenvalue weighted by Crippen LogP contribution is 2.19. The minimum absolute atomic E-state index is 0.253. The van der Waals surface area contributed by atoms with Crippen LogP contribution in [0.25, 0.3) is 11.3 Å². The second-order valence-corrected chi connectivity index (χ2v) is 5.86. The van der Waals surface area contributed by atoms with E-state index in [2.05, 4.69) is 15.8 Å². The van der Waals surface area contributed by atoms with Gasteiger partial charge in [0.25, 0.3) is 5.91 Å². The molecule has 3 N–H and O–H groups in total. The molecule has 0 radical (unpaired) electrons. The average molecular weight is 351 g/mol. The molecule has 134 valence electrons. The van der Waals surface area contributed by atoms with Crippen molar-refractivity contribution in [2.45, 2.75) is 13.0 Å². The van der Waals surface area contributed by atoms with Crippen molar-refractivity contribution < 1.29 is 14.4 Å². The fourth-order valence-corrected chi connectivity index (χ4v) is 2.51. The van der Waals surface area contributed by atoms with Gasteiger partial charge in [0.05, 0.1) is 0 Å². The molecule has 0 atom stereocenters. The second kappa shape index (κ2) is 8.82. The Morgan fingerprint density at radius 3 is 2.62 bits per heavy atom. The van der Waals surface area contributed by atoms with Crippen LogP contribution in [-0.4, -0.2) is 29.3 Å². The van der Waals surface area contributed by atoms with Crippen LogP contribution in [0.15, 0.2) is 65.2 Å². The molecular formula is C20H21N3O3. The molecule has 0 fully saturated rings. The number of aromatic hydroxyl groups is 1. The molecule has 0 aliphatic carbocycles. The number of nitrogens with one attached hydrogen (secondary N) is 2. The molecule has 1 heterocycles. The van der Waals surface area contributed by atoms with Crippen molar-refractivity contribution >= 4 is 5.91 Å². The molecule has 0 bridgehead atoms. The van der Waals surface area contributed by atoms with Gasteiger partial charge in [-0.2, -0.15) is 0 Å². The molecule has 0 saturated carbocycles. The van der Waals surface area contributed by atoms with Crippen molar-refractivity contribution in [2.24, 2.45) is 0 Å². The third-order valence-electron chi connectivity index (χ3n) is 3.92. The van der Waals surface area contributed by atoms with Gasteiger partial charge in [0.2, 0.25) is 0 Å². The van der Waals surface area contributed by atoms with E-state index in [1.807, 2.05) is 42.5 Å². The molecule has 1 amide bonds. The zero-order chi connectivity index (χ0) is 18.2. The smallest absolute Gasteiger partial charge is 0.273 e. The molecule has 1 aromatic heterocycles. The standard InChI is InChI=1S/C20H21N3O3/c24-18-10-5-4-9-16(18)14-21-11-6-12-22-20(25)17-13-19(26-23-17)15-7-2-1-3-8-15/h1-5,7-10,13,21,24H,6,11-12,14H2,(H,22,25). The second-order valence-electron chi connectivity index (χ2n) is 5.86. The zero-order valence-electron chi connectivity index (χ0n) is 14.3. The van der Waals surface area contributed by atoms with Crippen LogP contribution >= 0.6 is 0 Å². The van der Waals surface area contributed by atoms with Crippen LogP contribution < -0.4 is 10.6 Å². The number of carbonyl (C=O) groups is 1. The lowest BCUT2D eigenvalue weighted by Gasteiger charge is -2.07. The quantitative estimate of drug-likeness (QED) is 0.543. The van der Waals surface area contributed by atoms with Gasteiger partial charge in [-0.1, -0.05) is 53.7 Å². The van der Waals surface area contributed by atoms with Crippen LogP contribution in [0.5, 0.6) is 5.75 Å². The summed E-state index contributed by atoms with van der Waals surface area (Å²) in [4.78, 5) is 12.1. The molecule has 3 rings (SSSR count). The van der Waals surface area contributed by atoms with E-state index in [1.165, 1.54) is 0 Å². The molecule has 2 aromatic carbocycles. The lowest BCUT2D eigenvalue weighted by atomic mass is 10.1. The summed E-state index contributed by atoms with van der Waals surface area (Å²) in [6, 6.07) is 18.4. The lowest BCUT2D eigenvalue weighted by molar-refractivity contribution is 0.0944. The lowest BCUT2D eigenvalue weighted by Crippen LogP contribution is -2.27. The van der Waals surface area contributed by atoms with Gasteiger partial charge in [0.1, 0.15) is 5.75 Å². The number of carbonyl (C=O) groups excluding carboxylic acids is 1. The Balaban J connectivity index is 1.38. The average Bonchev–Trinajstić information content (AvgIpc) is 3.17. The largest absolute Gasteiger partial charge is 0.508 e. The maximum Gasteiger partial charge on any atom is 0.273 e. The van der Waals surface area contributed by atoms with E-state index >= 15 is 0 Å². The van der Waals surface area contributed by atoms with Gasteiger partial charge in [0.15, 0.2) is 11.5 Å². The molecule has 0 aliphatic heterocycles. The van der Waals surface area contributed by atoms with E-state index in [4.69, 9.17) is 4.52 Å². The predicted molar refractivity (Wildman–Crippen MR) is 98.7 cm³/mol. The monoisotopic (exact) mass is 351 g/mol. The molecular weight excluding hydrogens is 330 g/mol. The number of benzene rings is 2. The summed E-state index contributed by atoms with van der Waals surface area (Å²) in [6.45, 7) is 1.84. The number of rotatable bonds is 8. The Morgan fingerprint density at radius 2 is 1.81 bits per heavy atom. The van der Waals surface area contributed by atoms with Gasteiger partial charge in [-0.05, 0) is 19.0 Å². The summed E-state index contributed by atoms with van der Waals surface area (Å²) in [6.07, 6.45) is 0.767. The Kier molecular flexibility index (Phi) is 6.01. The number of phenolic OH excluding ortho intramolecular Hbond substituents is 1. The van der Waals surface area contributed by atoms with Gasteiger partial charge in [-0.15, -0.1) is 0 Å². The number of nitrogens with zero attached hydrogens (tertiary/aromatic N) is 1. The molecule has 26 heavy (non-hydrogen) atoms. The Morgan fingerprint density at radius 1 is 1.04 bits per heavy atom. The summed E-state index contributed by atoms with van der Waals surface area (Å²) in [5, 5.41) is 19.6. The number of phenols is 1. The maximum absolute atomic E-state index is 12.1. The van der Waals surface area contributed by atoms with Crippen molar-refractivity contribution in [1.29, 1.82) is 0 Å². The van der Waals surface area contributed by atoms with Crippen LogP contribution in [-0.2, 0) is 6.54 Å². The van der Waals surface area contributed by atoms with Crippen molar-refractivity contribution in [1.82, 2.24) is 15.8 Å². The van der Waals surface area contributed by atoms with Gasteiger partial charge >= 0.3 is 0 Å². The third kappa shape index (κ3) is 4.70. The number of hydrogen-bond acceptors (Lipinski definition) is 5. The number of hydrogen-bond donors (Lipinski definition) is 3. The first-order valence-electron chi connectivity index (χ1n) is 8.52. The molecule has 0 spiro atoms. The highest BCUT2D eigenvalue weighted by Gasteiger charge is 2.12. The Bertz CT molecular complexity index is 846. The van der Waals surface area contributed by atoms with Crippen molar-refractivity contribution in [3.8, 4) is 17.1 Å². The zero-order valence-corrected chi connectivity index (χ0v) is 14.3. The van der Waals surface area contributed by atoms with Gasteiger partial charge in [-0.3, -0.25) is 4.79 Å². The fourth-order valence-electron chi connectivity index (χ4n) is 2.51. The molecule has 6 nitrogen and oxygen atoms in total. The summed E-state index contributed by atoms with van der Waals surface area (Å²) in [5.41, 5.74) is 2.01.